The predicted octanol–water partition coefficient (Wildman–Crippen LogP) is 2.41. The summed E-state index contributed by atoms with van der Waals surface area (Å²) in [4.78, 5) is 9.93. The Morgan fingerprint density at radius 3 is 2.11 bits per heavy atom. The zero-order valence-electron chi connectivity index (χ0n) is 11.8. The SMILES string of the molecule is CC(F)(F)c1cnc(N2CCNCC2)nc1.CCC. The molecule has 0 unspecified atom stereocenters. The molecule has 0 aromatic carbocycles. The van der Waals surface area contributed by atoms with Gasteiger partial charge in [0.25, 0.3) is 5.92 Å². The number of halogens is 2. The fourth-order valence-corrected chi connectivity index (χ4v) is 1.58. The highest BCUT2D eigenvalue weighted by Gasteiger charge is 2.25. The van der Waals surface area contributed by atoms with Crippen LogP contribution in [0.4, 0.5) is 14.7 Å². The van der Waals surface area contributed by atoms with Gasteiger partial charge in [-0.1, -0.05) is 20.3 Å². The zero-order valence-corrected chi connectivity index (χ0v) is 11.8. The summed E-state index contributed by atoms with van der Waals surface area (Å²) in [5, 5.41) is 3.20. The molecule has 0 amide bonds. The normalized spacial score (nSPS) is 15.7. The summed E-state index contributed by atoms with van der Waals surface area (Å²) < 4.78 is 25.8. The van der Waals surface area contributed by atoms with Crippen LogP contribution in [0.3, 0.4) is 0 Å². The van der Waals surface area contributed by atoms with Gasteiger partial charge in [0.2, 0.25) is 5.95 Å². The minimum absolute atomic E-state index is 0.147. The van der Waals surface area contributed by atoms with Gasteiger partial charge in [-0.3, -0.25) is 0 Å². The second kappa shape index (κ2) is 7.33. The molecule has 0 aliphatic carbocycles. The molecule has 4 nitrogen and oxygen atoms in total. The first-order valence-electron chi connectivity index (χ1n) is 6.65. The average molecular weight is 272 g/mol. The molecule has 1 saturated heterocycles. The lowest BCUT2D eigenvalue weighted by atomic mass is 10.2. The van der Waals surface area contributed by atoms with Gasteiger partial charge in [-0.05, 0) is 0 Å². The molecule has 19 heavy (non-hydrogen) atoms. The van der Waals surface area contributed by atoms with Crippen LogP contribution < -0.4 is 10.2 Å². The van der Waals surface area contributed by atoms with Crippen LogP contribution in [0.25, 0.3) is 0 Å². The van der Waals surface area contributed by atoms with Gasteiger partial charge in [0.05, 0.1) is 5.56 Å². The highest BCUT2D eigenvalue weighted by atomic mass is 19.3. The molecule has 0 saturated carbocycles. The van der Waals surface area contributed by atoms with Gasteiger partial charge in [-0.2, -0.15) is 0 Å². The van der Waals surface area contributed by atoms with Gasteiger partial charge in [-0.15, -0.1) is 0 Å². The number of nitrogens with zero attached hydrogens (tertiary/aromatic N) is 3. The van der Waals surface area contributed by atoms with Crippen molar-refractivity contribution in [1.82, 2.24) is 15.3 Å². The van der Waals surface area contributed by atoms with E-state index in [4.69, 9.17) is 0 Å². The molecule has 1 fully saturated rings. The first kappa shape index (κ1) is 15.8. The highest BCUT2D eigenvalue weighted by Crippen LogP contribution is 2.25. The summed E-state index contributed by atoms with van der Waals surface area (Å²) in [6.45, 7) is 8.45. The monoisotopic (exact) mass is 272 g/mol. The van der Waals surface area contributed by atoms with E-state index in [2.05, 4.69) is 29.1 Å². The topological polar surface area (TPSA) is 41.1 Å². The van der Waals surface area contributed by atoms with E-state index in [0.29, 0.717) is 5.95 Å². The predicted molar refractivity (Wildman–Crippen MR) is 72.6 cm³/mol. The van der Waals surface area contributed by atoms with Crippen LogP contribution in [0.5, 0.6) is 0 Å². The Morgan fingerprint density at radius 1 is 1.21 bits per heavy atom. The second-order valence-corrected chi connectivity index (χ2v) is 4.60. The van der Waals surface area contributed by atoms with E-state index in [1.165, 1.54) is 18.8 Å². The third kappa shape index (κ3) is 5.06. The maximum Gasteiger partial charge on any atom is 0.273 e. The minimum atomic E-state index is -2.87. The number of anilines is 1. The number of alkyl halides is 2. The van der Waals surface area contributed by atoms with Gasteiger partial charge in [0.1, 0.15) is 0 Å². The quantitative estimate of drug-likeness (QED) is 0.897. The van der Waals surface area contributed by atoms with Crippen molar-refractivity contribution in [2.75, 3.05) is 31.1 Å². The fraction of sp³-hybridized carbons (Fsp3) is 0.692. The third-order valence-electron chi connectivity index (χ3n) is 2.54. The first-order chi connectivity index (χ1) is 8.99. The molecule has 6 heteroatoms. The van der Waals surface area contributed by atoms with E-state index >= 15 is 0 Å². The number of rotatable bonds is 2. The van der Waals surface area contributed by atoms with Crippen molar-refractivity contribution in [2.24, 2.45) is 0 Å². The van der Waals surface area contributed by atoms with Crippen LogP contribution in [0.2, 0.25) is 0 Å². The largest absolute Gasteiger partial charge is 0.338 e. The summed E-state index contributed by atoms with van der Waals surface area (Å²) in [7, 11) is 0. The van der Waals surface area contributed by atoms with Crippen molar-refractivity contribution in [2.45, 2.75) is 33.1 Å². The number of nitrogens with one attached hydrogen (secondary N) is 1. The summed E-state index contributed by atoms with van der Waals surface area (Å²) in [5.41, 5.74) is -0.147. The number of hydrogen-bond donors (Lipinski definition) is 1. The maximum absolute atomic E-state index is 12.9. The highest BCUT2D eigenvalue weighted by molar-refractivity contribution is 5.31. The molecule has 1 aromatic rings. The minimum Gasteiger partial charge on any atom is -0.338 e. The zero-order chi connectivity index (χ0) is 14.3. The lowest BCUT2D eigenvalue weighted by Gasteiger charge is -2.27. The molecule has 0 radical (unpaired) electrons. The van der Waals surface area contributed by atoms with Crippen molar-refractivity contribution in [3.05, 3.63) is 18.0 Å². The van der Waals surface area contributed by atoms with Crippen LogP contribution >= 0.6 is 0 Å². The fourth-order valence-electron chi connectivity index (χ4n) is 1.58. The Bertz CT molecular complexity index is 356. The van der Waals surface area contributed by atoms with Gasteiger partial charge in [0, 0.05) is 45.5 Å². The summed E-state index contributed by atoms with van der Waals surface area (Å²) in [6.07, 6.45) is 3.65. The smallest absolute Gasteiger partial charge is 0.273 e. The van der Waals surface area contributed by atoms with Crippen molar-refractivity contribution in [1.29, 1.82) is 0 Å². The van der Waals surface area contributed by atoms with Gasteiger partial charge < -0.3 is 10.2 Å². The Balaban J connectivity index is 0.000000550. The van der Waals surface area contributed by atoms with Gasteiger partial charge >= 0.3 is 0 Å². The van der Waals surface area contributed by atoms with E-state index in [0.717, 1.165) is 33.1 Å². The van der Waals surface area contributed by atoms with Crippen molar-refractivity contribution >= 4 is 5.95 Å². The maximum atomic E-state index is 12.9. The average Bonchev–Trinajstić information content (AvgIpc) is 2.40. The molecule has 1 aliphatic heterocycles. The van der Waals surface area contributed by atoms with Crippen molar-refractivity contribution in [3.8, 4) is 0 Å². The van der Waals surface area contributed by atoms with E-state index in [1.54, 1.807) is 0 Å². The van der Waals surface area contributed by atoms with E-state index < -0.39 is 5.92 Å². The molecule has 2 heterocycles. The molecule has 0 spiro atoms. The lowest BCUT2D eigenvalue weighted by Crippen LogP contribution is -2.44. The standard InChI is InChI=1S/C10H14F2N4.C3H8/c1-10(11,12)8-6-14-9(15-7-8)16-4-2-13-3-5-16;1-3-2/h6-7,13H,2-5H2,1H3;3H2,1-2H3. The van der Waals surface area contributed by atoms with E-state index in [-0.39, 0.29) is 5.56 Å². The third-order valence-corrected chi connectivity index (χ3v) is 2.54. The summed E-state index contributed by atoms with van der Waals surface area (Å²) in [5.74, 6) is -2.35. The van der Waals surface area contributed by atoms with Gasteiger partial charge in [-0.25, -0.2) is 18.7 Å². The van der Waals surface area contributed by atoms with Gasteiger partial charge in [0.15, 0.2) is 0 Å². The molecule has 0 bridgehead atoms. The number of aromatic nitrogens is 2. The molecular weight excluding hydrogens is 250 g/mol. The van der Waals surface area contributed by atoms with Crippen molar-refractivity contribution < 1.29 is 8.78 Å². The molecule has 0 atom stereocenters. The molecule has 1 N–H and O–H groups in total. The van der Waals surface area contributed by atoms with Crippen molar-refractivity contribution in [3.63, 3.8) is 0 Å². The number of piperazine rings is 1. The van der Waals surface area contributed by atoms with E-state index in [1.807, 2.05) is 4.90 Å². The molecule has 1 aliphatic rings. The number of hydrogen-bond acceptors (Lipinski definition) is 4. The molecule has 2 rings (SSSR count). The van der Waals surface area contributed by atoms with Crippen LogP contribution in [0, 0.1) is 0 Å². The summed E-state index contributed by atoms with van der Waals surface area (Å²) >= 11 is 0. The lowest BCUT2D eigenvalue weighted by molar-refractivity contribution is 0.0167. The second-order valence-electron chi connectivity index (χ2n) is 4.60. The van der Waals surface area contributed by atoms with Crippen LogP contribution in [0.15, 0.2) is 12.4 Å². The molecule has 1 aromatic heterocycles. The molecule has 108 valence electrons. The van der Waals surface area contributed by atoms with Crippen LogP contribution in [0.1, 0.15) is 32.8 Å². The van der Waals surface area contributed by atoms with E-state index in [9.17, 15) is 8.78 Å². The summed E-state index contributed by atoms with van der Waals surface area (Å²) in [6, 6.07) is 0. The van der Waals surface area contributed by atoms with Crippen LogP contribution in [-0.2, 0) is 5.92 Å². The Morgan fingerprint density at radius 2 is 1.68 bits per heavy atom. The molecular formula is C13H22F2N4. The Kier molecular flexibility index (Phi) is 6.08. The first-order valence-corrected chi connectivity index (χ1v) is 6.65. The Labute approximate surface area is 113 Å². The van der Waals surface area contributed by atoms with Crippen LogP contribution in [-0.4, -0.2) is 36.1 Å². The Hall–Kier alpha value is -1.30.